The molecule has 2 amide bonds. The number of nitro groups is 1. The molecule has 10 nitrogen and oxygen atoms in total. The Morgan fingerprint density at radius 2 is 1.64 bits per heavy atom. The Morgan fingerprint density at radius 1 is 0.970 bits per heavy atom. The Kier molecular flexibility index (Phi) is 7.04. The molecule has 0 spiro atoms. The Bertz CT molecular complexity index is 1280. The van der Waals surface area contributed by atoms with Crippen molar-refractivity contribution in [2.45, 2.75) is 17.4 Å². The predicted octanol–water partition coefficient (Wildman–Crippen LogP) is 2.22. The maximum absolute atomic E-state index is 12.5. The summed E-state index contributed by atoms with van der Waals surface area (Å²) in [5.74, 6) is -1.24. The number of carbonyl (C=O) groups excluding carboxylic acids is 2. The van der Waals surface area contributed by atoms with Gasteiger partial charge in [-0.3, -0.25) is 24.4 Å². The van der Waals surface area contributed by atoms with Crippen molar-refractivity contribution in [1.82, 2.24) is 5.32 Å². The van der Waals surface area contributed by atoms with Gasteiger partial charge in [0.15, 0.2) is 0 Å². The van der Waals surface area contributed by atoms with E-state index >= 15 is 0 Å². The molecule has 0 aliphatic heterocycles. The van der Waals surface area contributed by atoms with E-state index in [1.807, 2.05) is 30.3 Å². The van der Waals surface area contributed by atoms with Gasteiger partial charge in [-0.25, -0.2) is 8.42 Å². The summed E-state index contributed by atoms with van der Waals surface area (Å²) in [5.41, 5.74) is 6.22. The van der Waals surface area contributed by atoms with Crippen LogP contribution in [0.2, 0.25) is 0 Å². The van der Waals surface area contributed by atoms with Gasteiger partial charge in [0.05, 0.1) is 9.82 Å². The molecule has 3 aromatic rings. The molecule has 0 fully saturated rings. The summed E-state index contributed by atoms with van der Waals surface area (Å²) in [6, 6.07) is 18.2. The van der Waals surface area contributed by atoms with Gasteiger partial charge in [0.25, 0.3) is 21.6 Å². The number of nitrogens with one attached hydrogen (secondary N) is 2. The quantitative estimate of drug-likeness (QED) is 0.322. The SMILES string of the molecule is NC(=O)C(Cc1ccccc1)NC(=O)c1ccc(NS(=O)(=O)c2cccc([N+](=O)[O-])c2)cc1. The highest BCUT2D eigenvalue weighted by molar-refractivity contribution is 7.92. The number of rotatable bonds is 9. The lowest BCUT2D eigenvalue weighted by Crippen LogP contribution is -2.45. The number of primary amides is 1. The molecule has 1 unspecified atom stereocenters. The van der Waals surface area contributed by atoms with Crippen molar-refractivity contribution in [1.29, 1.82) is 0 Å². The number of benzene rings is 3. The second-order valence-corrected chi connectivity index (χ2v) is 8.74. The van der Waals surface area contributed by atoms with Crippen LogP contribution in [0.15, 0.2) is 83.8 Å². The van der Waals surface area contributed by atoms with E-state index < -0.39 is 32.8 Å². The molecule has 0 aromatic heterocycles. The average molecular weight is 468 g/mol. The number of nitrogens with two attached hydrogens (primary N) is 1. The van der Waals surface area contributed by atoms with Crippen molar-refractivity contribution in [3.8, 4) is 0 Å². The first kappa shape index (κ1) is 23.4. The zero-order valence-corrected chi connectivity index (χ0v) is 18.0. The number of nitrogens with zero attached hydrogens (tertiary/aromatic N) is 1. The van der Waals surface area contributed by atoms with Crippen molar-refractivity contribution in [3.05, 3.63) is 100 Å². The fourth-order valence-corrected chi connectivity index (χ4v) is 4.08. The van der Waals surface area contributed by atoms with Gasteiger partial charge in [0.2, 0.25) is 5.91 Å². The van der Waals surface area contributed by atoms with Gasteiger partial charge in [-0.15, -0.1) is 0 Å². The molecule has 0 bridgehead atoms. The summed E-state index contributed by atoms with van der Waals surface area (Å²) >= 11 is 0. The number of sulfonamides is 1. The van der Waals surface area contributed by atoms with E-state index in [1.54, 1.807) is 0 Å². The smallest absolute Gasteiger partial charge is 0.270 e. The summed E-state index contributed by atoms with van der Waals surface area (Å²) in [4.78, 5) is 34.2. The van der Waals surface area contributed by atoms with E-state index in [0.717, 1.165) is 11.6 Å². The zero-order chi connectivity index (χ0) is 24.0. The summed E-state index contributed by atoms with van der Waals surface area (Å²) in [6.07, 6.45) is 0.225. The number of nitro benzene ring substituents is 1. The van der Waals surface area contributed by atoms with E-state index in [0.29, 0.717) is 0 Å². The third-order valence-electron chi connectivity index (χ3n) is 4.67. The van der Waals surface area contributed by atoms with E-state index in [1.165, 1.54) is 42.5 Å². The first-order chi connectivity index (χ1) is 15.7. The fraction of sp³-hybridized carbons (Fsp3) is 0.0909. The molecule has 3 aromatic carbocycles. The van der Waals surface area contributed by atoms with Crippen LogP contribution in [-0.4, -0.2) is 31.2 Å². The molecule has 0 radical (unpaired) electrons. The predicted molar refractivity (Wildman–Crippen MR) is 121 cm³/mol. The maximum Gasteiger partial charge on any atom is 0.270 e. The van der Waals surface area contributed by atoms with Gasteiger partial charge in [-0.1, -0.05) is 36.4 Å². The third kappa shape index (κ3) is 6.14. The number of anilines is 1. The lowest BCUT2D eigenvalue weighted by atomic mass is 10.0. The largest absolute Gasteiger partial charge is 0.368 e. The van der Waals surface area contributed by atoms with Crippen molar-refractivity contribution in [2.24, 2.45) is 5.73 Å². The first-order valence-corrected chi connectivity index (χ1v) is 11.2. The third-order valence-corrected chi connectivity index (χ3v) is 6.05. The minimum atomic E-state index is -4.08. The number of hydrogen-bond acceptors (Lipinski definition) is 6. The molecule has 0 aliphatic rings. The lowest BCUT2D eigenvalue weighted by Gasteiger charge is -2.16. The minimum Gasteiger partial charge on any atom is -0.368 e. The fourth-order valence-electron chi connectivity index (χ4n) is 2.98. The van der Waals surface area contributed by atoms with Gasteiger partial charge in [-0.05, 0) is 35.9 Å². The minimum absolute atomic E-state index is 0.147. The van der Waals surface area contributed by atoms with E-state index in [9.17, 15) is 28.1 Å². The summed E-state index contributed by atoms with van der Waals surface area (Å²) in [7, 11) is -4.08. The number of hydrogen-bond donors (Lipinski definition) is 3. The van der Waals surface area contributed by atoms with Gasteiger partial charge in [-0.2, -0.15) is 0 Å². The second kappa shape index (κ2) is 9.92. The molecular formula is C22H20N4O6S. The zero-order valence-electron chi connectivity index (χ0n) is 17.2. The van der Waals surface area contributed by atoms with Gasteiger partial charge >= 0.3 is 0 Å². The van der Waals surface area contributed by atoms with Crippen LogP contribution in [0.3, 0.4) is 0 Å². The van der Waals surface area contributed by atoms with E-state index in [4.69, 9.17) is 5.73 Å². The highest BCUT2D eigenvalue weighted by Crippen LogP contribution is 2.21. The van der Waals surface area contributed by atoms with Crippen LogP contribution in [0.1, 0.15) is 15.9 Å². The molecule has 0 saturated carbocycles. The summed E-state index contributed by atoms with van der Waals surface area (Å²) < 4.78 is 27.4. The average Bonchev–Trinajstić information content (AvgIpc) is 2.79. The Labute approximate surface area is 189 Å². The molecule has 4 N–H and O–H groups in total. The van der Waals surface area contributed by atoms with Crippen LogP contribution in [-0.2, 0) is 21.2 Å². The maximum atomic E-state index is 12.5. The number of carbonyl (C=O) groups is 2. The highest BCUT2D eigenvalue weighted by Gasteiger charge is 2.20. The Balaban J connectivity index is 1.70. The summed E-state index contributed by atoms with van der Waals surface area (Å²) in [5, 5.41) is 13.5. The molecule has 0 heterocycles. The molecule has 3 rings (SSSR count). The molecule has 33 heavy (non-hydrogen) atoms. The molecule has 0 aliphatic carbocycles. The number of non-ortho nitro benzene ring substituents is 1. The number of amides is 2. The normalized spacial score (nSPS) is 11.9. The van der Waals surface area contributed by atoms with Crippen molar-refractivity contribution in [3.63, 3.8) is 0 Å². The molecule has 0 saturated heterocycles. The molecule has 1 atom stereocenters. The summed E-state index contributed by atoms with van der Waals surface area (Å²) in [6.45, 7) is 0. The lowest BCUT2D eigenvalue weighted by molar-refractivity contribution is -0.385. The first-order valence-electron chi connectivity index (χ1n) is 9.67. The van der Waals surface area contributed by atoms with Gasteiger partial charge < -0.3 is 11.1 Å². The van der Waals surface area contributed by atoms with E-state index in [2.05, 4.69) is 10.0 Å². The van der Waals surface area contributed by atoms with Crippen molar-refractivity contribution >= 4 is 33.2 Å². The Morgan fingerprint density at radius 3 is 2.24 bits per heavy atom. The molecule has 11 heteroatoms. The molecule has 170 valence electrons. The van der Waals surface area contributed by atoms with Crippen molar-refractivity contribution in [2.75, 3.05) is 4.72 Å². The second-order valence-electron chi connectivity index (χ2n) is 7.06. The molecular weight excluding hydrogens is 448 g/mol. The van der Waals surface area contributed by atoms with Crippen LogP contribution < -0.4 is 15.8 Å². The van der Waals surface area contributed by atoms with Crippen LogP contribution in [0.5, 0.6) is 0 Å². The van der Waals surface area contributed by atoms with E-state index in [-0.39, 0.29) is 28.3 Å². The Hall–Kier alpha value is -4.25. The van der Waals surface area contributed by atoms with Gasteiger partial charge in [0, 0.05) is 29.8 Å². The van der Waals surface area contributed by atoms with Crippen LogP contribution in [0.25, 0.3) is 0 Å². The topological polar surface area (TPSA) is 162 Å². The van der Waals surface area contributed by atoms with Crippen molar-refractivity contribution < 1.29 is 22.9 Å². The monoisotopic (exact) mass is 468 g/mol. The standard InChI is InChI=1S/C22H20N4O6S/c23-21(27)20(13-15-5-2-1-3-6-15)24-22(28)16-9-11-17(12-10-16)25-33(31,32)19-8-4-7-18(14-19)26(29)30/h1-12,14,20,25H,13H2,(H2,23,27)(H,24,28). The highest BCUT2D eigenvalue weighted by atomic mass is 32.2. The van der Waals surface area contributed by atoms with Crippen LogP contribution in [0.4, 0.5) is 11.4 Å². The van der Waals surface area contributed by atoms with Gasteiger partial charge in [0.1, 0.15) is 6.04 Å². The van der Waals surface area contributed by atoms with Crippen LogP contribution in [0, 0.1) is 10.1 Å². The van der Waals surface area contributed by atoms with Crippen LogP contribution >= 0.6 is 0 Å².